The van der Waals surface area contributed by atoms with E-state index >= 15 is 0 Å². The summed E-state index contributed by atoms with van der Waals surface area (Å²) in [6.45, 7) is 6.54. The molecular weight excluding hydrogens is 260 g/mol. The van der Waals surface area contributed by atoms with E-state index in [9.17, 15) is 0 Å². The smallest absolute Gasteiger partial charge is 0.146 e. The fraction of sp³-hybridized carbons (Fsp3) is 0.533. The maximum Gasteiger partial charge on any atom is 0.146 e. The number of halogens is 1. The SMILES string of the molecule is COc1cccc2c1nc(C(C)Cl)n2C1CC1(C)C. The summed E-state index contributed by atoms with van der Waals surface area (Å²) < 4.78 is 7.71. The molecule has 0 amide bonds. The highest BCUT2D eigenvalue weighted by Crippen LogP contribution is 2.57. The molecule has 19 heavy (non-hydrogen) atoms. The van der Waals surface area contributed by atoms with Gasteiger partial charge in [0.25, 0.3) is 0 Å². The molecule has 1 aliphatic rings. The average molecular weight is 279 g/mol. The molecule has 0 saturated heterocycles. The van der Waals surface area contributed by atoms with Crippen molar-refractivity contribution in [2.75, 3.05) is 7.11 Å². The van der Waals surface area contributed by atoms with Crippen molar-refractivity contribution >= 4 is 22.6 Å². The summed E-state index contributed by atoms with van der Waals surface area (Å²) in [4.78, 5) is 4.72. The second-order valence-electron chi connectivity index (χ2n) is 5.99. The normalized spacial score (nSPS) is 22.5. The number of nitrogens with zero attached hydrogens (tertiary/aromatic N) is 2. The Morgan fingerprint density at radius 3 is 2.68 bits per heavy atom. The van der Waals surface area contributed by atoms with Gasteiger partial charge < -0.3 is 9.30 Å². The van der Waals surface area contributed by atoms with Crippen LogP contribution in [0.4, 0.5) is 0 Å². The minimum absolute atomic E-state index is 0.103. The molecule has 3 rings (SSSR count). The van der Waals surface area contributed by atoms with Crippen LogP contribution in [0.15, 0.2) is 18.2 Å². The predicted octanol–water partition coefficient (Wildman–Crippen LogP) is 4.32. The molecule has 2 atom stereocenters. The van der Waals surface area contributed by atoms with E-state index in [0.717, 1.165) is 22.6 Å². The molecule has 1 heterocycles. The molecule has 0 aliphatic heterocycles. The summed E-state index contributed by atoms with van der Waals surface area (Å²) in [5.41, 5.74) is 2.37. The number of para-hydroxylation sites is 1. The Kier molecular flexibility index (Phi) is 2.79. The Hall–Kier alpha value is -1.22. The highest BCUT2D eigenvalue weighted by Gasteiger charge is 2.48. The standard InChI is InChI=1S/C15H19ClN2O/c1-9(16)14-17-13-10(6-5-7-11(13)19-4)18(14)12-8-15(12,2)3/h5-7,9,12H,8H2,1-4H3. The monoisotopic (exact) mass is 278 g/mol. The summed E-state index contributed by atoms with van der Waals surface area (Å²) in [6.07, 6.45) is 1.17. The summed E-state index contributed by atoms with van der Waals surface area (Å²) >= 11 is 6.32. The van der Waals surface area contributed by atoms with Crippen molar-refractivity contribution in [3.05, 3.63) is 24.0 Å². The zero-order valence-electron chi connectivity index (χ0n) is 11.8. The highest BCUT2D eigenvalue weighted by atomic mass is 35.5. The van der Waals surface area contributed by atoms with Crippen molar-refractivity contribution in [1.82, 2.24) is 9.55 Å². The van der Waals surface area contributed by atoms with Crippen LogP contribution in [0.2, 0.25) is 0 Å². The quantitative estimate of drug-likeness (QED) is 0.782. The number of methoxy groups -OCH3 is 1. The lowest BCUT2D eigenvalue weighted by Crippen LogP contribution is -2.06. The first-order valence-corrected chi connectivity index (χ1v) is 7.08. The number of imidazole rings is 1. The third kappa shape index (κ3) is 1.91. The Morgan fingerprint density at radius 1 is 1.47 bits per heavy atom. The van der Waals surface area contributed by atoms with Crippen LogP contribution in [0.1, 0.15) is 44.4 Å². The first-order valence-electron chi connectivity index (χ1n) is 6.64. The molecule has 1 saturated carbocycles. The molecule has 0 radical (unpaired) electrons. The summed E-state index contributed by atoms with van der Waals surface area (Å²) in [6, 6.07) is 6.54. The van der Waals surface area contributed by atoms with Gasteiger partial charge in [-0.1, -0.05) is 19.9 Å². The number of alkyl halides is 1. The second-order valence-corrected chi connectivity index (χ2v) is 6.65. The first kappa shape index (κ1) is 12.8. The maximum absolute atomic E-state index is 6.32. The van der Waals surface area contributed by atoms with E-state index in [1.807, 2.05) is 19.1 Å². The minimum Gasteiger partial charge on any atom is -0.494 e. The van der Waals surface area contributed by atoms with Crippen LogP contribution in [0.3, 0.4) is 0 Å². The van der Waals surface area contributed by atoms with Crippen molar-refractivity contribution in [3.8, 4) is 5.75 Å². The number of aromatic nitrogens is 2. The lowest BCUT2D eigenvalue weighted by Gasteiger charge is -2.12. The molecule has 2 aromatic rings. The van der Waals surface area contributed by atoms with Crippen molar-refractivity contribution in [2.45, 2.75) is 38.6 Å². The van der Waals surface area contributed by atoms with E-state index in [4.69, 9.17) is 21.3 Å². The second kappa shape index (κ2) is 4.14. The molecule has 1 aromatic heterocycles. The Morgan fingerprint density at radius 2 is 2.16 bits per heavy atom. The molecule has 4 heteroatoms. The lowest BCUT2D eigenvalue weighted by molar-refractivity contribution is 0.419. The van der Waals surface area contributed by atoms with Gasteiger partial charge in [-0.15, -0.1) is 11.6 Å². The molecule has 1 aliphatic carbocycles. The zero-order chi connectivity index (χ0) is 13.8. The van der Waals surface area contributed by atoms with Gasteiger partial charge >= 0.3 is 0 Å². The van der Waals surface area contributed by atoms with Crippen LogP contribution in [0.25, 0.3) is 11.0 Å². The summed E-state index contributed by atoms with van der Waals surface area (Å²) in [7, 11) is 1.68. The molecule has 0 bridgehead atoms. The molecule has 1 aromatic carbocycles. The molecule has 0 spiro atoms. The third-order valence-electron chi connectivity index (χ3n) is 4.06. The number of fused-ring (bicyclic) bond motifs is 1. The Bertz CT molecular complexity index is 630. The summed E-state index contributed by atoms with van der Waals surface area (Å²) in [5.74, 6) is 1.75. The zero-order valence-corrected chi connectivity index (χ0v) is 12.5. The third-order valence-corrected chi connectivity index (χ3v) is 4.25. The van der Waals surface area contributed by atoms with Gasteiger partial charge in [-0.2, -0.15) is 0 Å². The van der Waals surface area contributed by atoms with Crippen LogP contribution < -0.4 is 4.74 Å². The summed E-state index contributed by atoms with van der Waals surface area (Å²) in [5, 5.41) is -0.103. The van der Waals surface area contributed by atoms with E-state index in [1.54, 1.807) is 7.11 Å². The van der Waals surface area contributed by atoms with Crippen LogP contribution >= 0.6 is 11.6 Å². The van der Waals surface area contributed by atoms with E-state index in [1.165, 1.54) is 6.42 Å². The van der Waals surface area contributed by atoms with Gasteiger partial charge in [0.15, 0.2) is 0 Å². The van der Waals surface area contributed by atoms with E-state index in [-0.39, 0.29) is 5.38 Å². The lowest BCUT2D eigenvalue weighted by atomic mass is 10.2. The molecule has 0 N–H and O–H groups in total. The number of hydrogen-bond acceptors (Lipinski definition) is 2. The number of rotatable bonds is 3. The number of hydrogen-bond donors (Lipinski definition) is 0. The van der Waals surface area contributed by atoms with E-state index in [0.29, 0.717) is 11.5 Å². The fourth-order valence-electron chi connectivity index (χ4n) is 2.76. The van der Waals surface area contributed by atoms with Crippen LogP contribution in [0, 0.1) is 5.41 Å². The molecule has 102 valence electrons. The van der Waals surface area contributed by atoms with E-state index in [2.05, 4.69) is 24.5 Å². The van der Waals surface area contributed by atoms with Crippen LogP contribution in [-0.4, -0.2) is 16.7 Å². The largest absolute Gasteiger partial charge is 0.494 e. The first-order chi connectivity index (χ1) is 8.95. The van der Waals surface area contributed by atoms with Crippen molar-refractivity contribution < 1.29 is 4.74 Å². The Balaban J connectivity index is 2.26. The maximum atomic E-state index is 6.32. The highest BCUT2D eigenvalue weighted by molar-refractivity contribution is 6.20. The van der Waals surface area contributed by atoms with Gasteiger partial charge in [0.1, 0.15) is 17.1 Å². The average Bonchev–Trinajstić information content (AvgIpc) is 2.84. The van der Waals surface area contributed by atoms with Gasteiger partial charge in [-0.05, 0) is 30.9 Å². The van der Waals surface area contributed by atoms with Gasteiger partial charge in [-0.3, -0.25) is 0 Å². The van der Waals surface area contributed by atoms with Crippen molar-refractivity contribution in [3.63, 3.8) is 0 Å². The van der Waals surface area contributed by atoms with Crippen molar-refractivity contribution in [2.24, 2.45) is 5.41 Å². The van der Waals surface area contributed by atoms with Gasteiger partial charge in [0.2, 0.25) is 0 Å². The van der Waals surface area contributed by atoms with Crippen molar-refractivity contribution in [1.29, 1.82) is 0 Å². The Labute approximate surface area is 118 Å². The predicted molar refractivity (Wildman–Crippen MR) is 78.0 cm³/mol. The molecular formula is C15H19ClN2O. The number of ether oxygens (including phenoxy) is 1. The molecule has 3 nitrogen and oxygen atoms in total. The van der Waals surface area contributed by atoms with Crippen LogP contribution in [0.5, 0.6) is 5.75 Å². The van der Waals surface area contributed by atoms with Gasteiger partial charge in [0, 0.05) is 6.04 Å². The number of benzene rings is 1. The molecule has 1 fully saturated rings. The van der Waals surface area contributed by atoms with Gasteiger partial charge in [0.05, 0.1) is 18.0 Å². The minimum atomic E-state index is -0.103. The fourth-order valence-corrected chi connectivity index (χ4v) is 2.92. The van der Waals surface area contributed by atoms with E-state index < -0.39 is 0 Å². The molecule has 2 unspecified atom stereocenters. The van der Waals surface area contributed by atoms with Gasteiger partial charge in [-0.25, -0.2) is 4.98 Å². The van der Waals surface area contributed by atoms with Crippen LogP contribution in [-0.2, 0) is 0 Å². The topological polar surface area (TPSA) is 27.1 Å².